The smallest absolute Gasteiger partial charge is 0.163 e. The van der Waals surface area contributed by atoms with Crippen LogP contribution in [0.3, 0.4) is 0 Å². The number of pyridine rings is 1. The summed E-state index contributed by atoms with van der Waals surface area (Å²) in [6, 6.07) is 26.8. The number of nitrogens with one attached hydrogen (secondary N) is 1. The molecular weight excluding hydrogens is 458 g/mol. The molecule has 0 spiro atoms. The van der Waals surface area contributed by atoms with E-state index in [1.165, 1.54) is 11.1 Å². The summed E-state index contributed by atoms with van der Waals surface area (Å²) in [5.41, 5.74) is 7.43. The topological polar surface area (TPSA) is 72.3 Å². The number of hydrogen-bond acceptors (Lipinski definition) is 6. The Morgan fingerprint density at radius 3 is 2.62 bits per heavy atom. The molecule has 3 heterocycles. The Labute approximate surface area is 216 Å². The first-order valence-electron chi connectivity index (χ1n) is 12.5. The molecule has 182 valence electrons. The lowest BCUT2D eigenvalue weighted by atomic mass is 9.91. The van der Waals surface area contributed by atoms with Crippen molar-refractivity contribution in [2.45, 2.75) is 12.8 Å². The molecule has 0 saturated heterocycles. The summed E-state index contributed by atoms with van der Waals surface area (Å²) in [5.74, 6) is 2.67. The van der Waals surface area contributed by atoms with Gasteiger partial charge in [0.1, 0.15) is 18.2 Å². The fourth-order valence-electron chi connectivity index (χ4n) is 4.78. The van der Waals surface area contributed by atoms with Gasteiger partial charge in [-0.15, -0.1) is 0 Å². The van der Waals surface area contributed by atoms with E-state index in [4.69, 9.17) is 19.7 Å². The highest BCUT2D eigenvalue weighted by atomic mass is 16.5. The minimum atomic E-state index is 0.433. The molecule has 3 aromatic carbocycles. The van der Waals surface area contributed by atoms with E-state index in [0.29, 0.717) is 18.3 Å². The Morgan fingerprint density at radius 1 is 0.892 bits per heavy atom. The van der Waals surface area contributed by atoms with E-state index in [0.717, 1.165) is 51.4 Å². The Balaban J connectivity index is 1.27. The van der Waals surface area contributed by atoms with Crippen LogP contribution in [0.5, 0.6) is 5.75 Å². The maximum Gasteiger partial charge on any atom is 0.163 e. The summed E-state index contributed by atoms with van der Waals surface area (Å²) >= 11 is 0. The van der Waals surface area contributed by atoms with Gasteiger partial charge in [-0.05, 0) is 53.1 Å². The number of hydrogen-bond donors (Lipinski definition) is 1. The van der Waals surface area contributed by atoms with E-state index in [1.807, 2.05) is 37.4 Å². The number of benzene rings is 3. The molecule has 1 aliphatic rings. The van der Waals surface area contributed by atoms with Gasteiger partial charge >= 0.3 is 0 Å². The van der Waals surface area contributed by atoms with Gasteiger partial charge in [-0.2, -0.15) is 0 Å². The van der Waals surface area contributed by atoms with Crippen molar-refractivity contribution in [3.63, 3.8) is 0 Å². The second kappa shape index (κ2) is 9.82. The van der Waals surface area contributed by atoms with Crippen molar-refractivity contribution < 1.29 is 4.74 Å². The third-order valence-electron chi connectivity index (χ3n) is 6.75. The Bertz CT molecular complexity index is 1610. The van der Waals surface area contributed by atoms with E-state index < -0.39 is 0 Å². The van der Waals surface area contributed by atoms with Crippen molar-refractivity contribution in [2.24, 2.45) is 4.99 Å². The van der Waals surface area contributed by atoms with Gasteiger partial charge in [0, 0.05) is 48.4 Å². The number of anilines is 1. The van der Waals surface area contributed by atoms with Crippen LogP contribution in [0.15, 0.2) is 96.2 Å². The minimum Gasteiger partial charge on any atom is -0.487 e. The second-order valence-corrected chi connectivity index (χ2v) is 9.21. The number of nitrogens with zero attached hydrogens (tertiary/aromatic N) is 4. The van der Waals surface area contributed by atoms with Gasteiger partial charge in [-0.1, -0.05) is 49.4 Å². The molecule has 6 heteroatoms. The van der Waals surface area contributed by atoms with E-state index in [9.17, 15) is 0 Å². The maximum absolute atomic E-state index is 6.22. The summed E-state index contributed by atoms with van der Waals surface area (Å²) in [6.07, 6.45) is 3.52. The number of fused-ring (bicyclic) bond motifs is 2. The summed E-state index contributed by atoms with van der Waals surface area (Å²) in [5, 5.41) is 4.19. The standard InChI is InChI=1S/C31H27N5O/c1-20-17-34-29(26-11-4-3-10-25(20)26)19-37-24-9-5-7-21(15-24)22-12-13-28-27(16-22)31(32-2)36-30(35-28)23-8-6-14-33-18-23/h3-16,18,20H,17,19H2,1-2H3,(H,32,35,36). The quantitative estimate of drug-likeness (QED) is 0.302. The Morgan fingerprint density at radius 2 is 1.76 bits per heavy atom. The highest BCUT2D eigenvalue weighted by Gasteiger charge is 2.19. The van der Waals surface area contributed by atoms with Gasteiger partial charge in [-0.25, -0.2) is 9.97 Å². The van der Waals surface area contributed by atoms with Crippen molar-refractivity contribution >= 4 is 22.4 Å². The van der Waals surface area contributed by atoms with Crippen LogP contribution in [-0.2, 0) is 0 Å². The Hall–Kier alpha value is -4.58. The molecule has 1 N–H and O–H groups in total. The molecular formula is C31H27N5O. The zero-order chi connectivity index (χ0) is 25.2. The molecule has 0 radical (unpaired) electrons. The fourth-order valence-corrected chi connectivity index (χ4v) is 4.78. The van der Waals surface area contributed by atoms with E-state index in [2.05, 4.69) is 65.8 Å². The fraction of sp³-hybridized carbons (Fsp3) is 0.161. The van der Waals surface area contributed by atoms with Crippen LogP contribution >= 0.6 is 0 Å². The predicted octanol–water partition coefficient (Wildman–Crippen LogP) is 6.39. The van der Waals surface area contributed by atoms with Crippen LogP contribution < -0.4 is 10.1 Å². The number of aromatic nitrogens is 3. The monoisotopic (exact) mass is 485 g/mol. The average molecular weight is 486 g/mol. The minimum absolute atomic E-state index is 0.433. The molecule has 0 amide bonds. The van der Waals surface area contributed by atoms with Crippen LogP contribution in [0.2, 0.25) is 0 Å². The first-order valence-corrected chi connectivity index (χ1v) is 12.5. The first-order chi connectivity index (χ1) is 18.2. The van der Waals surface area contributed by atoms with Crippen molar-refractivity contribution in [1.29, 1.82) is 0 Å². The summed E-state index contributed by atoms with van der Waals surface area (Å²) < 4.78 is 6.22. The van der Waals surface area contributed by atoms with Gasteiger partial charge < -0.3 is 10.1 Å². The Kier molecular flexibility index (Phi) is 6.06. The second-order valence-electron chi connectivity index (χ2n) is 9.21. The molecule has 0 fully saturated rings. The predicted molar refractivity (Wildman–Crippen MR) is 150 cm³/mol. The highest BCUT2D eigenvalue weighted by molar-refractivity contribution is 6.04. The number of aliphatic imine (C=N–C) groups is 1. The van der Waals surface area contributed by atoms with E-state index >= 15 is 0 Å². The zero-order valence-corrected chi connectivity index (χ0v) is 20.8. The molecule has 37 heavy (non-hydrogen) atoms. The zero-order valence-electron chi connectivity index (χ0n) is 20.8. The van der Waals surface area contributed by atoms with Crippen molar-refractivity contribution in [3.05, 3.63) is 102 Å². The number of ether oxygens (including phenoxy) is 1. The largest absolute Gasteiger partial charge is 0.487 e. The molecule has 2 aromatic heterocycles. The summed E-state index contributed by atoms with van der Waals surface area (Å²) in [7, 11) is 1.88. The molecule has 5 aromatic rings. The summed E-state index contributed by atoms with van der Waals surface area (Å²) in [6.45, 7) is 3.46. The van der Waals surface area contributed by atoms with Crippen LogP contribution in [-0.4, -0.2) is 40.9 Å². The van der Waals surface area contributed by atoms with Gasteiger partial charge in [0.15, 0.2) is 5.82 Å². The van der Waals surface area contributed by atoms with Crippen LogP contribution in [0.1, 0.15) is 24.0 Å². The lowest BCUT2D eigenvalue weighted by Gasteiger charge is -2.22. The first kappa shape index (κ1) is 22.9. The molecule has 1 aliphatic heterocycles. The van der Waals surface area contributed by atoms with Crippen molar-refractivity contribution in [2.75, 3.05) is 25.5 Å². The van der Waals surface area contributed by atoms with Crippen LogP contribution in [0.25, 0.3) is 33.4 Å². The van der Waals surface area contributed by atoms with Gasteiger partial charge in [0.05, 0.1) is 11.2 Å². The summed E-state index contributed by atoms with van der Waals surface area (Å²) in [4.78, 5) is 18.5. The molecule has 0 bridgehead atoms. The average Bonchev–Trinajstić information content (AvgIpc) is 2.96. The molecule has 0 aliphatic carbocycles. The molecule has 6 nitrogen and oxygen atoms in total. The normalized spacial score (nSPS) is 14.6. The van der Waals surface area contributed by atoms with Crippen LogP contribution in [0.4, 0.5) is 5.82 Å². The van der Waals surface area contributed by atoms with Crippen LogP contribution in [0, 0.1) is 0 Å². The SMILES string of the molecule is CNc1nc(-c2cccnc2)nc2ccc(-c3cccc(OCC4=NCC(C)c5ccccc54)c3)cc12. The van der Waals surface area contributed by atoms with Crippen molar-refractivity contribution in [1.82, 2.24) is 15.0 Å². The van der Waals surface area contributed by atoms with Crippen molar-refractivity contribution in [3.8, 4) is 28.3 Å². The maximum atomic E-state index is 6.22. The van der Waals surface area contributed by atoms with E-state index in [1.54, 1.807) is 12.4 Å². The van der Waals surface area contributed by atoms with Gasteiger partial charge in [-0.3, -0.25) is 9.98 Å². The third-order valence-corrected chi connectivity index (χ3v) is 6.75. The lowest BCUT2D eigenvalue weighted by Crippen LogP contribution is -2.21. The molecule has 6 rings (SSSR count). The van der Waals surface area contributed by atoms with Gasteiger partial charge in [0.25, 0.3) is 0 Å². The molecule has 1 atom stereocenters. The lowest BCUT2D eigenvalue weighted by molar-refractivity contribution is 0.376. The van der Waals surface area contributed by atoms with E-state index in [-0.39, 0.29) is 0 Å². The molecule has 0 saturated carbocycles. The van der Waals surface area contributed by atoms with Gasteiger partial charge in [0.2, 0.25) is 0 Å². The number of rotatable bonds is 6. The highest BCUT2D eigenvalue weighted by Crippen LogP contribution is 2.31. The third kappa shape index (κ3) is 4.54. The molecule has 1 unspecified atom stereocenters.